The molecule has 1 heterocycles. The molecule has 10 heavy (non-hydrogen) atoms. The largest absolute Gasteiger partial charge is 0.687 e. The predicted octanol–water partition coefficient (Wildman–Crippen LogP) is 2.53. The first-order valence-corrected chi connectivity index (χ1v) is 3.64. The molecule has 0 N–H and O–H groups in total. The summed E-state index contributed by atoms with van der Waals surface area (Å²) in [5.74, 6) is 0. The molecule has 2 aliphatic rings. The zero-order valence-electron chi connectivity index (χ0n) is 6.09. The minimum atomic E-state index is 0.975. The summed E-state index contributed by atoms with van der Waals surface area (Å²) in [4.78, 5) is 0. The average molecular weight is 132 g/mol. The summed E-state index contributed by atoms with van der Waals surface area (Å²) in [5.41, 5.74) is 4.02. The molecule has 0 saturated carbocycles. The third-order valence-corrected chi connectivity index (χ3v) is 2.03. The van der Waals surface area contributed by atoms with Gasteiger partial charge in [-0.25, -0.2) is 0 Å². The molecule has 0 bridgehead atoms. The second kappa shape index (κ2) is 2.01. The average Bonchev–Trinajstić information content (AvgIpc) is 2.36. The molecule has 0 saturated heterocycles. The number of nitrogens with zero attached hydrogens (tertiary/aromatic N) is 1. The Balaban J connectivity index is 2.45. The van der Waals surface area contributed by atoms with Gasteiger partial charge in [-0.05, 0) is 17.6 Å². The van der Waals surface area contributed by atoms with Gasteiger partial charge in [0.1, 0.15) is 0 Å². The standard InChI is InChI=1S/C9H10N/c1-7-9-4-2-3-8(9)5-6-10-7/h2-4H,5-6H2,1H3/q-1. The molecule has 0 aromatic heterocycles. The summed E-state index contributed by atoms with van der Waals surface area (Å²) < 4.78 is 0. The van der Waals surface area contributed by atoms with Gasteiger partial charge < -0.3 is 5.32 Å². The molecule has 0 unspecified atom stereocenters. The summed E-state index contributed by atoms with van der Waals surface area (Å²) in [6.45, 7) is 3.06. The number of rotatable bonds is 0. The van der Waals surface area contributed by atoms with Crippen LogP contribution in [0.5, 0.6) is 0 Å². The smallest absolute Gasteiger partial charge is 0.0417 e. The third-order valence-electron chi connectivity index (χ3n) is 2.03. The SMILES string of the molecule is CC1=C2C=CC=C2CC[N-]1. The Labute approximate surface area is 61.1 Å². The van der Waals surface area contributed by atoms with Gasteiger partial charge in [0, 0.05) is 0 Å². The summed E-state index contributed by atoms with van der Waals surface area (Å²) >= 11 is 0. The van der Waals surface area contributed by atoms with Crippen molar-refractivity contribution in [3.05, 3.63) is 40.4 Å². The summed E-state index contributed by atoms with van der Waals surface area (Å²) in [6.07, 6.45) is 7.56. The number of hydrogen-bond acceptors (Lipinski definition) is 0. The van der Waals surface area contributed by atoms with Gasteiger partial charge in [0.15, 0.2) is 0 Å². The Morgan fingerprint density at radius 2 is 2.40 bits per heavy atom. The maximum Gasteiger partial charge on any atom is -0.0417 e. The summed E-state index contributed by atoms with van der Waals surface area (Å²) in [5, 5.41) is 4.36. The van der Waals surface area contributed by atoms with Crippen LogP contribution in [0.1, 0.15) is 13.3 Å². The van der Waals surface area contributed by atoms with Crippen molar-refractivity contribution in [2.75, 3.05) is 6.54 Å². The van der Waals surface area contributed by atoms with Crippen LogP contribution in [0.15, 0.2) is 35.1 Å². The van der Waals surface area contributed by atoms with E-state index in [2.05, 4.69) is 30.5 Å². The van der Waals surface area contributed by atoms with Crippen LogP contribution in [-0.2, 0) is 0 Å². The number of allylic oxidation sites excluding steroid dienone is 5. The van der Waals surface area contributed by atoms with Gasteiger partial charge in [-0.2, -0.15) is 5.70 Å². The van der Waals surface area contributed by atoms with Crippen LogP contribution in [0.3, 0.4) is 0 Å². The Bertz CT molecular complexity index is 243. The van der Waals surface area contributed by atoms with Crippen LogP contribution in [0, 0.1) is 0 Å². The fourth-order valence-corrected chi connectivity index (χ4v) is 1.46. The van der Waals surface area contributed by atoms with Crippen LogP contribution in [0.25, 0.3) is 5.32 Å². The van der Waals surface area contributed by atoms with E-state index in [0.717, 1.165) is 13.0 Å². The molecule has 52 valence electrons. The topological polar surface area (TPSA) is 14.1 Å². The van der Waals surface area contributed by atoms with Crippen LogP contribution in [-0.4, -0.2) is 6.54 Å². The highest BCUT2D eigenvalue weighted by atomic mass is 14.9. The first kappa shape index (κ1) is 5.78. The molecular formula is C9H10N-. The lowest BCUT2D eigenvalue weighted by Gasteiger charge is -2.30. The molecule has 0 aromatic carbocycles. The maximum atomic E-state index is 4.36. The zero-order valence-corrected chi connectivity index (χ0v) is 6.09. The normalized spacial score (nSPS) is 22.3. The Hall–Kier alpha value is -0.980. The lowest BCUT2D eigenvalue weighted by molar-refractivity contribution is 0.986. The van der Waals surface area contributed by atoms with Crippen molar-refractivity contribution < 1.29 is 0 Å². The number of fused-ring (bicyclic) bond motifs is 1. The summed E-state index contributed by atoms with van der Waals surface area (Å²) in [6, 6.07) is 0. The fourth-order valence-electron chi connectivity index (χ4n) is 1.46. The van der Waals surface area contributed by atoms with E-state index in [1.54, 1.807) is 0 Å². The molecule has 1 aliphatic heterocycles. The Morgan fingerprint density at radius 3 is 3.20 bits per heavy atom. The second-order valence-electron chi connectivity index (χ2n) is 2.68. The van der Waals surface area contributed by atoms with Gasteiger partial charge in [-0.15, -0.1) is 6.54 Å². The van der Waals surface area contributed by atoms with E-state index in [4.69, 9.17) is 0 Å². The molecule has 0 amide bonds. The minimum absolute atomic E-state index is 0.975. The van der Waals surface area contributed by atoms with Crippen molar-refractivity contribution >= 4 is 0 Å². The molecular weight excluding hydrogens is 122 g/mol. The van der Waals surface area contributed by atoms with Crippen LogP contribution in [0.2, 0.25) is 0 Å². The van der Waals surface area contributed by atoms with E-state index < -0.39 is 0 Å². The Morgan fingerprint density at radius 1 is 1.50 bits per heavy atom. The minimum Gasteiger partial charge on any atom is -0.687 e. The fraction of sp³-hybridized carbons (Fsp3) is 0.333. The van der Waals surface area contributed by atoms with Gasteiger partial charge in [-0.1, -0.05) is 25.2 Å². The van der Waals surface area contributed by atoms with Gasteiger partial charge in [-0.3, -0.25) is 0 Å². The van der Waals surface area contributed by atoms with E-state index in [-0.39, 0.29) is 0 Å². The van der Waals surface area contributed by atoms with E-state index in [1.807, 2.05) is 0 Å². The van der Waals surface area contributed by atoms with Crippen molar-refractivity contribution in [1.82, 2.24) is 0 Å². The monoisotopic (exact) mass is 132 g/mol. The van der Waals surface area contributed by atoms with Crippen LogP contribution >= 0.6 is 0 Å². The molecule has 2 rings (SSSR count). The van der Waals surface area contributed by atoms with Crippen LogP contribution < -0.4 is 0 Å². The van der Waals surface area contributed by atoms with E-state index in [1.165, 1.54) is 16.8 Å². The van der Waals surface area contributed by atoms with Crippen molar-refractivity contribution in [3.8, 4) is 0 Å². The highest BCUT2D eigenvalue weighted by Crippen LogP contribution is 2.31. The predicted molar refractivity (Wildman–Crippen MR) is 42.8 cm³/mol. The molecule has 1 nitrogen and oxygen atoms in total. The van der Waals surface area contributed by atoms with Crippen molar-refractivity contribution in [2.24, 2.45) is 0 Å². The van der Waals surface area contributed by atoms with E-state index >= 15 is 0 Å². The Kier molecular flexibility index (Phi) is 1.16. The lowest BCUT2D eigenvalue weighted by atomic mass is 10.0. The third kappa shape index (κ3) is 0.703. The van der Waals surface area contributed by atoms with Gasteiger partial charge in [0.2, 0.25) is 0 Å². The lowest BCUT2D eigenvalue weighted by Crippen LogP contribution is -1.99. The van der Waals surface area contributed by atoms with E-state index in [0.29, 0.717) is 0 Å². The zero-order chi connectivity index (χ0) is 6.97. The molecule has 0 spiro atoms. The highest BCUT2D eigenvalue weighted by Gasteiger charge is 2.07. The molecule has 1 heteroatoms. The molecule has 0 fully saturated rings. The van der Waals surface area contributed by atoms with Gasteiger partial charge in [0.25, 0.3) is 0 Å². The first-order chi connectivity index (χ1) is 4.88. The van der Waals surface area contributed by atoms with Crippen molar-refractivity contribution in [1.29, 1.82) is 0 Å². The second-order valence-corrected chi connectivity index (χ2v) is 2.68. The van der Waals surface area contributed by atoms with E-state index in [9.17, 15) is 0 Å². The molecule has 0 radical (unpaired) electrons. The maximum absolute atomic E-state index is 4.36. The molecule has 0 atom stereocenters. The van der Waals surface area contributed by atoms with Gasteiger partial charge in [0.05, 0.1) is 0 Å². The van der Waals surface area contributed by atoms with Crippen molar-refractivity contribution in [2.45, 2.75) is 13.3 Å². The van der Waals surface area contributed by atoms with Crippen LogP contribution in [0.4, 0.5) is 0 Å². The highest BCUT2D eigenvalue weighted by molar-refractivity contribution is 5.55. The summed E-state index contributed by atoms with van der Waals surface area (Å²) in [7, 11) is 0. The quantitative estimate of drug-likeness (QED) is 0.481. The molecule has 0 aromatic rings. The first-order valence-electron chi connectivity index (χ1n) is 3.64. The van der Waals surface area contributed by atoms with Crippen molar-refractivity contribution in [3.63, 3.8) is 0 Å². The number of hydrogen-bond donors (Lipinski definition) is 0. The van der Waals surface area contributed by atoms with Gasteiger partial charge >= 0.3 is 0 Å². The molecule has 1 aliphatic carbocycles.